The van der Waals surface area contributed by atoms with Crippen LogP contribution in [0.1, 0.15) is 11.1 Å². The van der Waals surface area contributed by atoms with Gasteiger partial charge in [0.2, 0.25) is 0 Å². The van der Waals surface area contributed by atoms with E-state index < -0.39 is 7.26 Å². The van der Waals surface area contributed by atoms with E-state index in [2.05, 4.69) is 104 Å². The summed E-state index contributed by atoms with van der Waals surface area (Å²) in [7, 11) is 1.39. The van der Waals surface area contributed by atoms with Gasteiger partial charge in [-0.3, -0.25) is 0 Å². The van der Waals surface area contributed by atoms with Crippen LogP contribution in [0.4, 0.5) is 5.69 Å². The molecule has 1 radical (unpaired) electrons. The third-order valence-corrected chi connectivity index (χ3v) is 12.2. The Labute approximate surface area is 304 Å². The average molecular weight is 736 g/mol. The molecule has 0 unspecified atom stereocenters. The Morgan fingerprint density at radius 1 is 0.521 bits per heavy atom. The molecule has 0 spiro atoms. The number of amidine groups is 2. The van der Waals surface area contributed by atoms with Gasteiger partial charge in [-0.25, -0.2) is 0 Å². The van der Waals surface area contributed by atoms with Crippen LogP contribution in [0.3, 0.4) is 0 Å². The van der Waals surface area contributed by atoms with Crippen molar-refractivity contribution in [1.29, 1.82) is 0 Å². The van der Waals surface area contributed by atoms with Crippen molar-refractivity contribution in [3.8, 4) is 0 Å². The SMILES string of the molecule is CN/C([S-])=N/N=C(/C(=N/N=C(\[S-])NC[P+](c1ccccc1)(c1ccccc1)c1ccccc1)c1ccccc1)c1ccc(NC)cc1.[Cu+2]. The van der Waals surface area contributed by atoms with Crippen LogP contribution in [0.25, 0.3) is 0 Å². The minimum Gasteiger partial charge on any atom is -0.741 e. The third-order valence-electron chi connectivity index (χ3n) is 7.47. The maximum absolute atomic E-state index is 5.83. The predicted octanol–water partition coefficient (Wildman–Crippen LogP) is 5.40. The molecule has 0 saturated heterocycles. The first kappa shape index (κ1) is 36.4. The van der Waals surface area contributed by atoms with Gasteiger partial charge in [0, 0.05) is 36.1 Å². The molecule has 0 atom stereocenters. The molecule has 5 aromatic rings. The molecular weight excluding hydrogens is 701 g/mol. The second-order valence-electron chi connectivity index (χ2n) is 10.3. The summed E-state index contributed by atoms with van der Waals surface area (Å²) in [5.74, 6) is 0. The van der Waals surface area contributed by atoms with Gasteiger partial charge in [0.25, 0.3) is 0 Å². The van der Waals surface area contributed by atoms with Crippen LogP contribution < -0.4 is 31.9 Å². The molecule has 11 heteroatoms. The average Bonchev–Trinajstić information content (AvgIpc) is 3.15. The van der Waals surface area contributed by atoms with E-state index in [1.54, 1.807) is 7.05 Å². The van der Waals surface area contributed by atoms with Crippen LogP contribution in [0, 0.1) is 0 Å². The monoisotopic (exact) mass is 735 g/mol. The Bertz CT molecular complexity index is 1760. The molecule has 0 bridgehead atoms. The van der Waals surface area contributed by atoms with Crippen molar-refractivity contribution in [2.24, 2.45) is 20.4 Å². The van der Waals surface area contributed by atoms with Crippen molar-refractivity contribution in [3.63, 3.8) is 0 Å². The second-order valence-corrected chi connectivity index (χ2v) is 14.6. The maximum atomic E-state index is 5.83. The number of benzene rings is 5. The zero-order chi connectivity index (χ0) is 32.9. The van der Waals surface area contributed by atoms with E-state index in [1.165, 1.54) is 15.9 Å². The van der Waals surface area contributed by atoms with E-state index in [0.29, 0.717) is 17.7 Å². The Morgan fingerprint density at radius 3 is 1.33 bits per heavy atom. The normalized spacial score (nSPS) is 12.5. The zero-order valence-electron chi connectivity index (χ0n) is 26.4. The molecule has 0 aliphatic rings. The van der Waals surface area contributed by atoms with Gasteiger partial charge in [0.15, 0.2) is 0 Å². The van der Waals surface area contributed by atoms with Crippen LogP contribution in [0.15, 0.2) is 166 Å². The van der Waals surface area contributed by atoms with Gasteiger partial charge in [0.05, 0.1) is 0 Å². The molecule has 3 N–H and O–H groups in total. The molecule has 245 valence electrons. The van der Waals surface area contributed by atoms with Crippen LogP contribution in [-0.4, -0.2) is 42.1 Å². The van der Waals surface area contributed by atoms with Crippen molar-refractivity contribution in [2.75, 3.05) is 25.7 Å². The van der Waals surface area contributed by atoms with Crippen LogP contribution in [0.2, 0.25) is 0 Å². The molecule has 7 nitrogen and oxygen atoms in total. The van der Waals surface area contributed by atoms with Crippen molar-refractivity contribution in [1.82, 2.24) is 10.6 Å². The Kier molecular flexibility index (Phi) is 13.8. The molecule has 5 aromatic carbocycles. The Hall–Kier alpha value is -4.43. The minimum absolute atomic E-state index is 0. The number of nitrogens with zero attached hydrogens (tertiary/aromatic N) is 4. The van der Waals surface area contributed by atoms with Crippen molar-refractivity contribution < 1.29 is 17.1 Å². The first-order chi connectivity index (χ1) is 23.0. The van der Waals surface area contributed by atoms with Gasteiger partial charge in [-0.05, 0) is 53.7 Å². The zero-order valence-corrected chi connectivity index (χ0v) is 29.9. The van der Waals surface area contributed by atoms with Crippen LogP contribution >= 0.6 is 7.26 Å². The molecule has 0 aliphatic carbocycles. The molecule has 48 heavy (non-hydrogen) atoms. The van der Waals surface area contributed by atoms with E-state index in [0.717, 1.165) is 16.8 Å². The maximum Gasteiger partial charge on any atom is 2.00 e. The van der Waals surface area contributed by atoms with Gasteiger partial charge in [0.1, 0.15) is 40.9 Å². The second kappa shape index (κ2) is 18.2. The first-order valence-electron chi connectivity index (χ1n) is 15.0. The largest absolute Gasteiger partial charge is 2.00 e. The predicted molar refractivity (Wildman–Crippen MR) is 207 cm³/mol. The molecule has 0 aliphatic heterocycles. The first-order valence-corrected chi connectivity index (χ1v) is 17.8. The summed E-state index contributed by atoms with van der Waals surface area (Å²) in [6.07, 6.45) is 0.557. The van der Waals surface area contributed by atoms with E-state index >= 15 is 0 Å². The van der Waals surface area contributed by atoms with Gasteiger partial charge in [-0.15, -0.1) is 10.2 Å². The Morgan fingerprint density at radius 2 is 0.917 bits per heavy atom. The molecule has 0 aromatic heterocycles. The molecule has 0 fully saturated rings. The topological polar surface area (TPSA) is 85.5 Å². The van der Waals surface area contributed by atoms with E-state index in [1.807, 2.05) is 79.8 Å². The van der Waals surface area contributed by atoms with Gasteiger partial charge in [-0.1, -0.05) is 97.1 Å². The summed E-state index contributed by atoms with van der Waals surface area (Å²) >= 11 is 11.1. The standard InChI is InChI=1S/C37H36N7PS2.Cu/c1-38-30-25-23-29(24-26-30)35(41-43-36(46)39-2)34(28-15-7-3-8-16-28)42-44-37(47)40-27-45(31-17-9-4-10-18-31,32-19-11-5-12-20-32)33-21-13-6-14-22-33;/h3-26H,27H2,1-2H3,(H4-,38,39,40,41,42,43,44,46,47);/q;+2/p-1. The number of hydrogen-bond donors (Lipinski definition) is 3. The van der Waals surface area contributed by atoms with E-state index in [9.17, 15) is 0 Å². The molecular formula is C37H35CuN7PS2+. The summed E-state index contributed by atoms with van der Waals surface area (Å²) in [4.78, 5) is 0. The third kappa shape index (κ3) is 8.92. The summed E-state index contributed by atoms with van der Waals surface area (Å²) in [6, 6.07) is 49.4. The fourth-order valence-electron chi connectivity index (χ4n) is 5.11. The summed E-state index contributed by atoms with van der Waals surface area (Å²) < 4.78 is 0. The van der Waals surface area contributed by atoms with Crippen molar-refractivity contribution >= 4 is 75.9 Å². The molecule has 0 amide bonds. The smallest absolute Gasteiger partial charge is 0.741 e. The van der Waals surface area contributed by atoms with Gasteiger partial charge < -0.3 is 41.2 Å². The summed E-state index contributed by atoms with van der Waals surface area (Å²) in [5.41, 5.74) is 3.57. The fourth-order valence-corrected chi connectivity index (χ4v) is 9.24. The molecule has 0 saturated carbocycles. The molecule has 5 rings (SSSR count). The van der Waals surface area contributed by atoms with Crippen LogP contribution in [-0.2, 0) is 42.3 Å². The number of nitrogens with one attached hydrogen (secondary N) is 3. The van der Waals surface area contributed by atoms with Crippen molar-refractivity contribution in [3.05, 3.63) is 157 Å². The quantitative estimate of drug-likeness (QED) is 0.0423. The van der Waals surface area contributed by atoms with E-state index in [-0.39, 0.29) is 27.4 Å². The van der Waals surface area contributed by atoms with Gasteiger partial charge >= 0.3 is 17.1 Å². The van der Waals surface area contributed by atoms with Gasteiger partial charge in [-0.2, -0.15) is 10.2 Å². The summed E-state index contributed by atoms with van der Waals surface area (Å²) in [5, 5.41) is 31.8. The molecule has 0 heterocycles. The minimum atomic E-state index is -2.19. The number of anilines is 1. The number of rotatable bonds is 11. The van der Waals surface area contributed by atoms with E-state index in [4.69, 9.17) is 30.4 Å². The van der Waals surface area contributed by atoms with Crippen molar-refractivity contribution in [2.45, 2.75) is 0 Å². The Balaban J connectivity index is 0.00000520. The number of hydrogen-bond acceptors (Lipinski definition) is 7. The van der Waals surface area contributed by atoms with Crippen LogP contribution in [0.5, 0.6) is 0 Å². The fraction of sp³-hybridized carbons (Fsp3) is 0.0811. The summed E-state index contributed by atoms with van der Waals surface area (Å²) in [6.45, 7) is 0.